The molecule has 1 aromatic carbocycles. The second-order valence-corrected chi connectivity index (χ2v) is 8.71. The van der Waals surface area contributed by atoms with Gasteiger partial charge in [-0.05, 0) is 61.1 Å². The van der Waals surface area contributed by atoms with Crippen LogP contribution >= 0.6 is 0 Å². The van der Waals surface area contributed by atoms with E-state index in [-0.39, 0.29) is 11.8 Å². The Labute approximate surface area is 191 Å². The van der Waals surface area contributed by atoms with Crippen molar-refractivity contribution in [3.63, 3.8) is 0 Å². The van der Waals surface area contributed by atoms with E-state index in [1.54, 1.807) is 18.2 Å². The first-order valence-corrected chi connectivity index (χ1v) is 10.6. The Balaban J connectivity index is 1.73. The highest BCUT2D eigenvalue weighted by Gasteiger charge is 2.59. The molecule has 1 atom stereocenters. The summed E-state index contributed by atoms with van der Waals surface area (Å²) in [6.45, 7) is 2.28. The quantitative estimate of drug-likeness (QED) is 0.408. The van der Waals surface area contributed by atoms with Crippen LogP contribution in [0.3, 0.4) is 0 Å². The number of rotatable bonds is 5. The van der Waals surface area contributed by atoms with Crippen LogP contribution in [-0.4, -0.2) is 16.6 Å². The molecule has 1 saturated carbocycles. The highest BCUT2D eigenvalue weighted by molar-refractivity contribution is 6.02. The van der Waals surface area contributed by atoms with Crippen LogP contribution in [0.25, 0.3) is 6.08 Å². The zero-order valence-corrected chi connectivity index (χ0v) is 18.3. The normalized spacial score (nSPS) is 20.8. The largest absolute Gasteiger partial charge is 0.416 e. The molecule has 1 aliphatic heterocycles. The van der Waals surface area contributed by atoms with Crippen molar-refractivity contribution in [1.29, 1.82) is 0 Å². The van der Waals surface area contributed by atoms with Crippen LogP contribution in [0.5, 0.6) is 0 Å². The molecule has 1 fully saturated rings. The van der Waals surface area contributed by atoms with Gasteiger partial charge in [-0.25, -0.2) is 22.5 Å². The standard InChI is InChI=1S/C24H21F7N2O/c1-13-8-16(7-6-15(13)9-14-4-3-5-14)19-12-23(34-33-19,22(2,27)28)20-11-17(24(29,30)31)10-18(32-20)21(25)26/h6-11,21H,3-5,12H2,1-2H3. The first-order valence-electron chi connectivity index (χ1n) is 10.6. The Morgan fingerprint density at radius 3 is 2.29 bits per heavy atom. The number of oxime groups is 1. The van der Waals surface area contributed by atoms with E-state index in [0.29, 0.717) is 18.6 Å². The van der Waals surface area contributed by atoms with Crippen LogP contribution in [-0.2, 0) is 16.6 Å². The molecular weight excluding hydrogens is 465 g/mol. The molecule has 1 aliphatic carbocycles. The first-order chi connectivity index (χ1) is 15.8. The van der Waals surface area contributed by atoms with Gasteiger partial charge in [0.15, 0.2) is 0 Å². The number of aromatic nitrogens is 1. The molecule has 34 heavy (non-hydrogen) atoms. The maximum atomic E-state index is 14.8. The molecule has 0 spiro atoms. The summed E-state index contributed by atoms with van der Waals surface area (Å²) < 4.78 is 96.2. The number of nitrogens with zero attached hydrogens (tertiary/aromatic N) is 2. The number of aryl methyl sites for hydroxylation is 1. The average Bonchev–Trinajstić information content (AvgIpc) is 3.17. The Hall–Kier alpha value is -2.91. The first kappa shape index (κ1) is 24.2. The second kappa shape index (κ2) is 8.39. The van der Waals surface area contributed by atoms with Crippen LogP contribution in [0.15, 0.2) is 41.1 Å². The molecule has 3 nitrogen and oxygen atoms in total. The third-order valence-corrected chi connectivity index (χ3v) is 6.21. The SMILES string of the molecule is Cc1cc(C2=NOC(c3cc(C(F)(F)F)cc(C(F)F)n3)(C(C)(F)F)C2)ccc1C=C1CCC1. The Morgan fingerprint density at radius 2 is 1.76 bits per heavy atom. The lowest BCUT2D eigenvalue weighted by Crippen LogP contribution is -2.44. The lowest BCUT2D eigenvalue weighted by atomic mass is 9.84. The van der Waals surface area contributed by atoms with Gasteiger partial charge in [0, 0.05) is 13.3 Å². The second-order valence-electron chi connectivity index (χ2n) is 8.71. The van der Waals surface area contributed by atoms with Gasteiger partial charge in [0.05, 0.1) is 17.0 Å². The predicted molar refractivity (Wildman–Crippen MR) is 112 cm³/mol. The molecule has 2 heterocycles. The van der Waals surface area contributed by atoms with Gasteiger partial charge in [0.2, 0.25) is 5.60 Å². The fourth-order valence-corrected chi connectivity index (χ4v) is 3.98. The molecule has 2 aliphatic rings. The van der Waals surface area contributed by atoms with Crippen molar-refractivity contribution in [2.75, 3.05) is 0 Å². The van der Waals surface area contributed by atoms with Crippen molar-refractivity contribution in [3.8, 4) is 0 Å². The molecule has 0 radical (unpaired) electrons. The smallest absolute Gasteiger partial charge is 0.376 e. The molecule has 1 unspecified atom stereocenters. The number of alkyl halides is 7. The Kier molecular flexibility index (Phi) is 5.98. The van der Waals surface area contributed by atoms with Crippen molar-refractivity contribution in [2.24, 2.45) is 5.16 Å². The van der Waals surface area contributed by atoms with E-state index >= 15 is 0 Å². The van der Waals surface area contributed by atoms with E-state index in [0.717, 1.165) is 30.4 Å². The molecule has 1 aromatic heterocycles. The van der Waals surface area contributed by atoms with Crippen LogP contribution in [0.1, 0.15) is 72.7 Å². The number of allylic oxidation sites excluding steroid dienone is 1. The third kappa shape index (κ3) is 4.42. The van der Waals surface area contributed by atoms with Crippen molar-refractivity contribution < 1.29 is 35.6 Å². The van der Waals surface area contributed by atoms with E-state index in [9.17, 15) is 30.7 Å². The Morgan fingerprint density at radius 1 is 1.06 bits per heavy atom. The average molecular weight is 486 g/mol. The van der Waals surface area contributed by atoms with Gasteiger partial charge in [-0.3, -0.25) is 0 Å². The van der Waals surface area contributed by atoms with Gasteiger partial charge in [-0.15, -0.1) is 0 Å². The molecule has 10 heteroatoms. The van der Waals surface area contributed by atoms with Gasteiger partial charge in [0.1, 0.15) is 5.69 Å². The Bertz CT molecular complexity index is 1160. The summed E-state index contributed by atoms with van der Waals surface area (Å²) in [5.74, 6) is -3.79. The fraction of sp³-hybridized carbons (Fsp3) is 0.417. The van der Waals surface area contributed by atoms with E-state index in [4.69, 9.17) is 4.84 Å². The van der Waals surface area contributed by atoms with Gasteiger partial charge in [-0.2, -0.15) is 13.2 Å². The van der Waals surface area contributed by atoms with Gasteiger partial charge >= 0.3 is 6.18 Å². The van der Waals surface area contributed by atoms with Gasteiger partial charge in [0.25, 0.3) is 12.3 Å². The van der Waals surface area contributed by atoms with E-state index in [2.05, 4.69) is 16.2 Å². The maximum absolute atomic E-state index is 14.8. The lowest BCUT2D eigenvalue weighted by Gasteiger charge is -2.32. The number of benzene rings is 1. The lowest BCUT2D eigenvalue weighted by molar-refractivity contribution is -0.196. The van der Waals surface area contributed by atoms with E-state index in [1.165, 1.54) is 5.57 Å². The summed E-state index contributed by atoms with van der Waals surface area (Å²) in [6, 6.07) is 5.65. The summed E-state index contributed by atoms with van der Waals surface area (Å²) in [4.78, 5) is 8.51. The fourth-order valence-electron chi connectivity index (χ4n) is 3.98. The van der Waals surface area contributed by atoms with Crippen molar-refractivity contribution in [1.82, 2.24) is 4.98 Å². The van der Waals surface area contributed by atoms with Crippen LogP contribution in [0.2, 0.25) is 0 Å². The zero-order valence-electron chi connectivity index (χ0n) is 18.3. The molecular formula is C24H21F7N2O. The van der Waals surface area contributed by atoms with E-state index in [1.807, 2.05) is 6.92 Å². The summed E-state index contributed by atoms with van der Waals surface area (Å²) in [6.07, 6.45) is -3.82. The number of pyridine rings is 1. The summed E-state index contributed by atoms with van der Waals surface area (Å²) in [5, 5.41) is 3.74. The molecule has 4 rings (SSSR count). The molecule has 0 bridgehead atoms. The maximum Gasteiger partial charge on any atom is 0.416 e. The third-order valence-electron chi connectivity index (χ3n) is 6.21. The minimum absolute atomic E-state index is 0.0604. The summed E-state index contributed by atoms with van der Waals surface area (Å²) in [5.41, 5.74) is -2.87. The molecule has 0 saturated heterocycles. The molecule has 0 N–H and O–H groups in total. The number of halogens is 7. The molecule has 0 amide bonds. The van der Waals surface area contributed by atoms with Gasteiger partial charge in [-0.1, -0.05) is 28.9 Å². The zero-order chi connectivity index (χ0) is 24.9. The highest BCUT2D eigenvalue weighted by atomic mass is 19.4. The monoisotopic (exact) mass is 486 g/mol. The number of hydrogen-bond donors (Lipinski definition) is 0. The van der Waals surface area contributed by atoms with Crippen LogP contribution in [0, 0.1) is 6.92 Å². The highest BCUT2D eigenvalue weighted by Crippen LogP contribution is 2.48. The van der Waals surface area contributed by atoms with Crippen LogP contribution < -0.4 is 0 Å². The topological polar surface area (TPSA) is 34.5 Å². The molecule has 182 valence electrons. The number of hydrogen-bond acceptors (Lipinski definition) is 3. The van der Waals surface area contributed by atoms with Crippen molar-refractivity contribution in [3.05, 3.63) is 69.5 Å². The molecule has 2 aromatic rings. The van der Waals surface area contributed by atoms with Crippen molar-refractivity contribution >= 4 is 11.8 Å². The van der Waals surface area contributed by atoms with E-state index < -0.39 is 47.5 Å². The van der Waals surface area contributed by atoms with Gasteiger partial charge < -0.3 is 4.84 Å². The minimum Gasteiger partial charge on any atom is -0.376 e. The van der Waals surface area contributed by atoms with Crippen LogP contribution in [0.4, 0.5) is 30.7 Å². The predicted octanol–water partition coefficient (Wildman–Crippen LogP) is 7.59. The summed E-state index contributed by atoms with van der Waals surface area (Å²) in [7, 11) is 0. The minimum atomic E-state index is -5.05. The summed E-state index contributed by atoms with van der Waals surface area (Å²) >= 11 is 0. The van der Waals surface area contributed by atoms with Crippen molar-refractivity contribution in [2.45, 2.75) is 63.7 Å².